The van der Waals surface area contributed by atoms with Gasteiger partial charge in [0.05, 0.1) is 51.8 Å². The molecule has 7 aromatic rings. The minimum atomic E-state index is -1.33. The van der Waals surface area contributed by atoms with Crippen molar-refractivity contribution in [3.8, 4) is 0 Å². The number of carbonyl (C=O) groups excluding carboxylic acids is 1. The molecule has 2 aliphatic rings. The predicted molar refractivity (Wildman–Crippen MR) is 273 cm³/mol. The van der Waals surface area contributed by atoms with Gasteiger partial charge in [-0.25, -0.2) is 4.79 Å². The van der Waals surface area contributed by atoms with Crippen molar-refractivity contribution in [1.82, 2.24) is 0 Å². The summed E-state index contributed by atoms with van der Waals surface area (Å²) in [5, 5.41) is 12.4. The Morgan fingerprint density at radius 1 is 0.417 bits per heavy atom. The summed E-state index contributed by atoms with van der Waals surface area (Å²) in [5.41, 5.74) is 4.29. The quantitative estimate of drug-likeness (QED) is 0.0615. The van der Waals surface area contributed by atoms with Crippen LogP contribution in [-0.4, -0.2) is 84.8 Å². The number of thioether (sulfide) groups is 1. The number of aliphatic hydroxyl groups is 1. The monoisotopic (exact) mass is 988 g/mol. The summed E-state index contributed by atoms with van der Waals surface area (Å²) in [4.78, 5) is 15.0. The highest BCUT2D eigenvalue weighted by Crippen LogP contribution is 2.39. The third-order valence-electron chi connectivity index (χ3n) is 12.4. The number of rotatable bonds is 23. The Morgan fingerprint density at radius 3 is 1.29 bits per heavy atom. The Labute approximate surface area is 425 Å². The second-order valence-corrected chi connectivity index (χ2v) is 18.8. The van der Waals surface area contributed by atoms with Gasteiger partial charge >= 0.3 is 5.97 Å². The molecule has 72 heavy (non-hydrogen) atoms. The van der Waals surface area contributed by atoms with Gasteiger partial charge in [0.25, 0.3) is 0 Å². The summed E-state index contributed by atoms with van der Waals surface area (Å²) in [6.45, 7) is 1.11. The molecule has 0 amide bonds. The summed E-state index contributed by atoms with van der Waals surface area (Å²) in [7, 11) is 0. The lowest BCUT2D eigenvalue weighted by molar-refractivity contribution is -0.328. The molecule has 0 bridgehead atoms. The lowest BCUT2D eigenvalue weighted by atomic mass is 9.97. The van der Waals surface area contributed by atoms with E-state index in [1.54, 1.807) is 24.3 Å². The first-order valence-corrected chi connectivity index (χ1v) is 25.2. The largest absolute Gasteiger partial charge is 0.452 e. The fourth-order valence-corrected chi connectivity index (χ4v) is 9.83. The Hall–Kier alpha value is -6.00. The van der Waals surface area contributed by atoms with Gasteiger partial charge in [-0.05, 0) is 52.1 Å². The zero-order valence-electron chi connectivity index (χ0n) is 39.9. The number of hydrogen-bond acceptors (Lipinski definition) is 12. The second kappa shape index (κ2) is 26.6. The molecule has 2 fully saturated rings. The molecular formula is C60H60O11S. The molecule has 10 atom stereocenters. The molecule has 12 heteroatoms. The first kappa shape index (κ1) is 50.9. The molecule has 1 N–H and O–H groups in total. The maximum atomic E-state index is 14.1. The van der Waals surface area contributed by atoms with Crippen LogP contribution in [0, 0.1) is 0 Å². The first-order chi connectivity index (χ1) is 35.5. The zero-order valence-corrected chi connectivity index (χ0v) is 40.7. The van der Waals surface area contributed by atoms with E-state index in [2.05, 4.69) is 0 Å². The number of carbonyl (C=O) groups is 1. The normalized spacial score (nSPS) is 24.1. The minimum absolute atomic E-state index is 0.106. The number of aliphatic hydroxyl groups excluding tert-OH is 1. The molecular weight excluding hydrogens is 929 g/mol. The predicted octanol–water partition coefficient (Wildman–Crippen LogP) is 10.4. The smallest absolute Gasteiger partial charge is 0.338 e. The van der Waals surface area contributed by atoms with E-state index in [-0.39, 0.29) is 39.6 Å². The first-order valence-electron chi connectivity index (χ1n) is 24.4. The highest BCUT2D eigenvalue weighted by atomic mass is 32.2. The highest BCUT2D eigenvalue weighted by Gasteiger charge is 2.52. The molecule has 2 aliphatic heterocycles. The number of ether oxygens (including phenoxy) is 9. The van der Waals surface area contributed by atoms with Crippen molar-refractivity contribution in [3.63, 3.8) is 0 Å². The Bertz CT molecular complexity index is 2620. The van der Waals surface area contributed by atoms with Crippen LogP contribution in [-0.2, 0) is 75.7 Å². The Balaban J connectivity index is 1.04. The Kier molecular flexibility index (Phi) is 18.8. The van der Waals surface area contributed by atoms with Gasteiger partial charge < -0.3 is 47.7 Å². The summed E-state index contributed by atoms with van der Waals surface area (Å²) in [6.07, 6.45) is -8.54. The molecule has 0 aliphatic carbocycles. The van der Waals surface area contributed by atoms with Gasteiger partial charge in [0.2, 0.25) is 0 Å². The van der Waals surface area contributed by atoms with Gasteiger partial charge in [-0.15, -0.1) is 0 Å². The fourth-order valence-electron chi connectivity index (χ4n) is 8.71. The maximum absolute atomic E-state index is 14.1. The summed E-state index contributed by atoms with van der Waals surface area (Å²) >= 11 is 1.41. The fraction of sp³-hybridized carbons (Fsp3) is 0.283. The van der Waals surface area contributed by atoms with Crippen molar-refractivity contribution in [3.05, 3.63) is 246 Å². The van der Waals surface area contributed by atoms with Crippen LogP contribution >= 0.6 is 11.8 Å². The summed E-state index contributed by atoms with van der Waals surface area (Å²) < 4.78 is 60.5. The van der Waals surface area contributed by atoms with E-state index >= 15 is 0 Å². The zero-order chi connectivity index (χ0) is 49.2. The van der Waals surface area contributed by atoms with E-state index in [1.807, 2.05) is 188 Å². The van der Waals surface area contributed by atoms with Crippen molar-refractivity contribution in [2.45, 2.75) is 98.5 Å². The molecule has 7 aromatic carbocycles. The molecule has 9 rings (SSSR count). The molecule has 2 saturated heterocycles. The summed E-state index contributed by atoms with van der Waals surface area (Å²) in [6, 6.07) is 67.8. The summed E-state index contributed by atoms with van der Waals surface area (Å²) in [5.74, 6) is -0.530. The third-order valence-corrected chi connectivity index (χ3v) is 13.6. The minimum Gasteiger partial charge on any atom is -0.452 e. The molecule has 0 spiro atoms. The van der Waals surface area contributed by atoms with Crippen molar-refractivity contribution in [1.29, 1.82) is 0 Å². The van der Waals surface area contributed by atoms with Crippen LogP contribution in [0.5, 0.6) is 0 Å². The van der Waals surface area contributed by atoms with Crippen molar-refractivity contribution in [2.24, 2.45) is 0 Å². The van der Waals surface area contributed by atoms with Crippen molar-refractivity contribution in [2.75, 3.05) is 13.2 Å². The van der Waals surface area contributed by atoms with Crippen LogP contribution in [0.25, 0.3) is 0 Å². The topological polar surface area (TPSA) is 120 Å². The van der Waals surface area contributed by atoms with Gasteiger partial charge in [-0.3, -0.25) is 0 Å². The molecule has 0 saturated carbocycles. The second-order valence-electron chi connectivity index (χ2n) is 17.6. The van der Waals surface area contributed by atoms with E-state index in [0.29, 0.717) is 12.2 Å². The number of hydrogen-bond donors (Lipinski definition) is 1. The molecule has 2 heterocycles. The van der Waals surface area contributed by atoms with Gasteiger partial charge in [0.1, 0.15) is 48.2 Å². The number of benzene rings is 7. The van der Waals surface area contributed by atoms with Crippen LogP contribution in [0.4, 0.5) is 0 Å². The van der Waals surface area contributed by atoms with Gasteiger partial charge in [0, 0.05) is 4.90 Å². The van der Waals surface area contributed by atoms with E-state index in [9.17, 15) is 9.90 Å². The van der Waals surface area contributed by atoms with Crippen molar-refractivity contribution < 1.29 is 52.5 Å². The van der Waals surface area contributed by atoms with Crippen LogP contribution in [0.15, 0.2) is 217 Å². The van der Waals surface area contributed by atoms with Gasteiger partial charge in [-0.1, -0.05) is 200 Å². The lowest BCUT2D eigenvalue weighted by Crippen LogP contribution is -2.63. The molecule has 0 aromatic heterocycles. The average Bonchev–Trinajstić information content (AvgIpc) is 3.43. The third kappa shape index (κ3) is 14.4. The molecule has 0 unspecified atom stereocenters. The molecule has 372 valence electrons. The Morgan fingerprint density at radius 2 is 0.806 bits per heavy atom. The van der Waals surface area contributed by atoms with E-state index in [1.165, 1.54) is 11.8 Å². The highest BCUT2D eigenvalue weighted by molar-refractivity contribution is 7.99. The van der Waals surface area contributed by atoms with Gasteiger partial charge in [-0.2, -0.15) is 0 Å². The molecule has 11 nitrogen and oxygen atoms in total. The van der Waals surface area contributed by atoms with Crippen LogP contribution in [0.3, 0.4) is 0 Å². The molecule has 0 radical (unpaired) electrons. The lowest BCUT2D eigenvalue weighted by Gasteiger charge is -2.47. The van der Waals surface area contributed by atoms with E-state index < -0.39 is 66.5 Å². The number of esters is 1. The van der Waals surface area contributed by atoms with E-state index in [0.717, 1.165) is 32.7 Å². The van der Waals surface area contributed by atoms with E-state index in [4.69, 9.17) is 42.6 Å². The van der Waals surface area contributed by atoms with Gasteiger partial charge in [0.15, 0.2) is 12.4 Å². The van der Waals surface area contributed by atoms with Crippen LogP contribution < -0.4 is 0 Å². The van der Waals surface area contributed by atoms with Crippen LogP contribution in [0.1, 0.15) is 38.2 Å². The standard InChI is InChI=1S/C60H60O11S/c61-52-55(66-39-46-28-14-4-15-29-46)53(64-37-44-24-10-2-11-25-44)50(41-63-36-43-22-8-1-9-23-43)69-59(52)68-42-51-54(65-38-45-26-12-3-13-27-45)56(67-40-47-30-16-5-17-31-47)57(71-58(62)48-32-18-6-19-33-48)60(70-51)72-49-34-20-7-21-35-49/h1-35,50-57,59-61H,36-42H2/t50-,51-,52+,53-,54-,55-,56+,57+,59+,60-/m1/s1. The maximum Gasteiger partial charge on any atom is 0.338 e. The SMILES string of the molecule is O=C(O[C@H]1[C@@H](OCc2ccccc2)[C@H](OCc2ccccc2)[C@@H](CO[C@H]2O[C@H](COCc3ccccc3)[C@@H](OCc3ccccc3)[C@H](OCc3ccccc3)[C@@H]2O)O[C@@H]1Sc1ccccc1)c1ccccc1. The van der Waals surface area contributed by atoms with Crippen molar-refractivity contribution >= 4 is 17.7 Å². The average molecular weight is 989 g/mol. The van der Waals surface area contributed by atoms with Crippen LogP contribution in [0.2, 0.25) is 0 Å².